The number of primary amides is 1. The van der Waals surface area contributed by atoms with E-state index in [1.54, 1.807) is 24.3 Å². The number of nitro benzene ring substituents is 1. The summed E-state index contributed by atoms with van der Waals surface area (Å²) in [7, 11) is 0. The molecule has 13 nitrogen and oxygen atoms in total. The first kappa shape index (κ1) is 38.6. The number of nitrogens with zero attached hydrogens (tertiary/aromatic N) is 2. The molecule has 2 fully saturated rings. The molecule has 13 heteroatoms. The Morgan fingerprint density at radius 3 is 2.24 bits per heavy atom. The lowest BCUT2D eigenvalue weighted by Crippen LogP contribution is -2.53. The molecule has 1 saturated heterocycles. The van der Waals surface area contributed by atoms with E-state index in [4.69, 9.17) is 10.5 Å². The van der Waals surface area contributed by atoms with Crippen molar-refractivity contribution in [3.05, 3.63) is 88.0 Å². The van der Waals surface area contributed by atoms with Crippen molar-refractivity contribution in [2.45, 2.75) is 83.0 Å². The smallest absolute Gasteiger partial charge is 0.269 e. The van der Waals surface area contributed by atoms with E-state index in [2.05, 4.69) is 23.3 Å². The zero-order valence-corrected chi connectivity index (χ0v) is 28.1. The predicted molar refractivity (Wildman–Crippen MR) is 187 cm³/mol. The van der Waals surface area contributed by atoms with Gasteiger partial charge in [0, 0.05) is 30.3 Å². The third-order valence-electron chi connectivity index (χ3n) is 8.77. The van der Waals surface area contributed by atoms with Gasteiger partial charge in [-0.1, -0.05) is 81.5 Å². The van der Waals surface area contributed by atoms with Gasteiger partial charge in [-0.2, -0.15) is 0 Å². The molecule has 2 aliphatic rings. The minimum absolute atomic E-state index is 0.0572. The molecule has 0 aromatic heterocycles. The Kier molecular flexibility index (Phi) is 15.1. The van der Waals surface area contributed by atoms with Crippen LogP contribution < -0.4 is 22.1 Å². The van der Waals surface area contributed by atoms with E-state index >= 15 is 0 Å². The van der Waals surface area contributed by atoms with Crippen LogP contribution in [-0.4, -0.2) is 76.4 Å². The number of carbonyl (C=O) groups excluding carboxylic acids is 4. The van der Waals surface area contributed by atoms with Gasteiger partial charge in [-0.3, -0.25) is 29.3 Å². The Morgan fingerprint density at radius 1 is 1.04 bits per heavy atom. The number of hydrogen-bond acceptors (Lipinski definition) is 8. The number of non-ortho nitro benzene ring substituents is 1. The first-order chi connectivity index (χ1) is 23.4. The molecule has 1 heterocycles. The SMILES string of the molecule is CC(O)C(Cc1ccc([N+](=O)[O-])cc1)NC(=O)C1CC(N)CN1C(=O)CNC(=O)c1ccc2ccccc2c1.CC1CCCCC1.NC=O. The molecule has 3 aromatic carbocycles. The standard InChI is InChI=1S/C28H31N5O6.C7H14.CH3NO/c1-17(34)24(12-18-6-10-23(11-7-18)33(38)39)31-28(37)25-14-22(29)16-32(25)26(35)15-30-27(36)21-9-8-19-4-2-3-5-20(19)13-21;1-7-5-3-2-4-6-7;2-1-3/h2-11,13,17,22,24-25,34H,12,14-16,29H2,1H3,(H,30,36)(H,31,37);7H,2-6H2,1H3;1H,(H2,2,3). The monoisotopic (exact) mass is 676 g/mol. The third-order valence-corrected chi connectivity index (χ3v) is 8.77. The van der Waals surface area contributed by atoms with Crippen LogP contribution in [0.3, 0.4) is 0 Å². The molecule has 0 bridgehead atoms. The van der Waals surface area contributed by atoms with Gasteiger partial charge in [-0.15, -0.1) is 0 Å². The largest absolute Gasteiger partial charge is 0.391 e. The quantitative estimate of drug-likeness (QED) is 0.129. The number of likely N-dealkylation sites (tertiary alicyclic amines) is 1. The van der Waals surface area contributed by atoms with Crippen LogP contribution >= 0.6 is 0 Å². The minimum atomic E-state index is -0.926. The maximum atomic E-state index is 13.2. The van der Waals surface area contributed by atoms with E-state index in [0.29, 0.717) is 11.1 Å². The number of nitro groups is 1. The highest BCUT2D eigenvalue weighted by Gasteiger charge is 2.39. The number of carbonyl (C=O) groups is 4. The van der Waals surface area contributed by atoms with Gasteiger partial charge in [0.1, 0.15) is 6.04 Å². The van der Waals surface area contributed by atoms with Crippen molar-refractivity contribution in [3.8, 4) is 0 Å². The Labute approximate surface area is 286 Å². The lowest BCUT2D eigenvalue weighted by atomic mass is 9.91. The summed E-state index contributed by atoms with van der Waals surface area (Å²) >= 11 is 0. The number of nitrogens with two attached hydrogens (primary N) is 2. The highest BCUT2D eigenvalue weighted by Crippen LogP contribution is 2.22. The molecule has 1 aliphatic heterocycles. The van der Waals surface area contributed by atoms with Crippen LogP contribution in [0.2, 0.25) is 0 Å². The summed E-state index contributed by atoms with van der Waals surface area (Å²) in [4.78, 5) is 59.2. The van der Waals surface area contributed by atoms with Gasteiger partial charge < -0.3 is 32.1 Å². The fourth-order valence-electron chi connectivity index (χ4n) is 6.02. The molecule has 0 radical (unpaired) electrons. The lowest BCUT2D eigenvalue weighted by Gasteiger charge is -2.28. The number of aliphatic hydroxyl groups excluding tert-OH is 1. The zero-order chi connectivity index (χ0) is 35.9. The van der Waals surface area contributed by atoms with Crippen molar-refractivity contribution >= 4 is 40.6 Å². The van der Waals surface area contributed by atoms with Crippen molar-refractivity contribution < 1.29 is 29.2 Å². The number of fused-ring (bicyclic) bond motifs is 1. The molecule has 1 saturated carbocycles. The van der Waals surface area contributed by atoms with Crippen LogP contribution in [0.25, 0.3) is 10.8 Å². The van der Waals surface area contributed by atoms with Gasteiger partial charge >= 0.3 is 0 Å². The molecule has 1 aliphatic carbocycles. The zero-order valence-electron chi connectivity index (χ0n) is 28.1. The summed E-state index contributed by atoms with van der Waals surface area (Å²) < 4.78 is 0. The summed E-state index contributed by atoms with van der Waals surface area (Å²) in [5.74, 6) is -0.282. The third kappa shape index (κ3) is 11.9. The fourth-order valence-corrected chi connectivity index (χ4v) is 6.02. The van der Waals surface area contributed by atoms with Crippen molar-refractivity contribution in [2.24, 2.45) is 17.4 Å². The molecule has 5 rings (SSSR count). The molecule has 49 heavy (non-hydrogen) atoms. The summed E-state index contributed by atoms with van der Waals surface area (Å²) in [5, 5.41) is 28.5. The summed E-state index contributed by atoms with van der Waals surface area (Å²) in [6.45, 7) is 3.75. The molecule has 0 spiro atoms. The second-order valence-electron chi connectivity index (χ2n) is 12.7. The molecule has 3 aromatic rings. The first-order valence-corrected chi connectivity index (χ1v) is 16.6. The van der Waals surface area contributed by atoms with Crippen molar-refractivity contribution in [1.82, 2.24) is 15.5 Å². The number of hydrogen-bond donors (Lipinski definition) is 5. The fraction of sp³-hybridized carbons (Fsp3) is 0.444. The van der Waals surface area contributed by atoms with Crippen LogP contribution in [0, 0.1) is 16.0 Å². The Hall–Kier alpha value is -4.88. The van der Waals surface area contributed by atoms with Crippen molar-refractivity contribution in [3.63, 3.8) is 0 Å². The molecular formula is C36H48N6O7. The number of nitrogens with one attached hydrogen (secondary N) is 2. The molecule has 264 valence electrons. The van der Waals surface area contributed by atoms with E-state index in [9.17, 15) is 29.6 Å². The van der Waals surface area contributed by atoms with Crippen molar-refractivity contribution in [2.75, 3.05) is 13.1 Å². The molecular weight excluding hydrogens is 628 g/mol. The highest BCUT2D eigenvalue weighted by molar-refractivity contribution is 6.00. The van der Waals surface area contributed by atoms with Gasteiger partial charge in [-0.25, -0.2) is 0 Å². The number of aliphatic hydroxyl groups is 1. The highest BCUT2D eigenvalue weighted by atomic mass is 16.6. The maximum absolute atomic E-state index is 13.2. The van der Waals surface area contributed by atoms with Crippen molar-refractivity contribution in [1.29, 1.82) is 0 Å². The van der Waals surface area contributed by atoms with E-state index < -0.39 is 46.9 Å². The number of amides is 4. The lowest BCUT2D eigenvalue weighted by molar-refractivity contribution is -0.384. The van der Waals surface area contributed by atoms with Gasteiger partial charge in [0.2, 0.25) is 18.2 Å². The minimum Gasteiger partial charge on any atom is -0.391 e. The second kappa shape index (κ2) is 19.2. The molecule has 4 atom stereocenters. The average Bonchev–Trinajstić information content (AvgIpc) is 3.49. The summed E-state index contributed by atoms with van der Waals surface area (Å²) in [6.07, 6.45) is 7.23. The van der Waals surface area contributed by atoms with Gasteiger partial charge in [0.05, 0.1) is 23.6 Å². The number of benzene rings is 3. The van der Waals surface area contributed by atoms with Crippen LogP contribution in [0.15, 0.2) is 66.7 Å². The summed E-state index contributed by atoms with van der Waals surface area (Å²) in [5.41, 5.74) is 11.3. The summed E-state index contributed by atoms with van der Waals surface area (Å²) in [6, 6.07) is 16.8. The number of rotatable bonds is 9. The van der Waals surface area contributed by atoms with E-state index in [0.717, 1.165) is 16.7 Å². The molecule has 4 amide bonds. The Bertz CT molecular complexity index is 1560. The average molecular weight is 677 g/mol. The topological polar surface area (TPSA) is 211 Å². The Balaban J connectivity index is 0.000000562. The second-order valence-corrected chi connectivity index (χ2v) is 12.7. The van der Waals surface area contributed by atoms with E-state index in [1.807, 2.05) is 30.3 Å². The van der Waals surface area contributed by atoms with Crippen LogP contribution in [0.5, 0.6) is 0 Å². The maximum Gasteiger partial charge on any atom is 0.269 e. The van der Waals surface area contributed by atoms with Crippen LogP contribution in [0.1, 0.15) is 68.3 Å². The predicted octanol–water partition coefficient (Wildman–Crippen LogP) is 3.20. The molecule has 7 N–H and O–H groups in total. The van der Waals surface area contributed by atoms with E-state index in [1.165, 1.54) is 56.1 Å². The van der Waals surface area contributed by atoms with Gasteiger partial charge in [0.15, 0.2) is 0 Å². The van der Waals surface area contributed by atoms with Gasteiger partial charge in [0.25, 0.3) is 11.6 Å². The van der Waals surface area contributed by atoms with Crippen LogP contribution in [-0.2, 0) is 20.8 Å². The molecule has 4 unspecified atom stereocenters. The van der Waals surface area contributed by atoms with Gasteiger partial charge in [-0.05, 0) is 54.2 Å². The first-order valence-electron chi connectivity index (χ1n) is 16.6. The Morgan fingerprint density at radius 2 is 1.67 bits per heavy atom. The van der Waals surface area contributed by atoms with E-state index in [-0.39, 0.29) is 38.0 Å². The van der Waals surface area contributed by atoms with Crippen LogP contribution in [0.4, 0.5) is 5.69 Å². The normalized spacial score (nSPS) is 18.5.